The highest BCUT2D eigenvalue weighted by atomic mass is 15.1. The fraction of sp³-hybridized carbons (Fsp3) is 0. The minimum Gasteiger partial charge on any atom is -0.310 e. The first-order valence-electron chi connectivity index (χ1n) is 11.2. The number of para-hydroxylation sites is 2. The van der Waals surface area contributed by atoms with E-state index < -0.39 is 0 Å². The van der Waals surface area contributed by atoms with Crippen molar-refractivity contribution in [3.63, 3.8) is 0 Å². The molecule has 0 amide bonds. The first kappa shape index (κ1) is 20.5. The lowest BCUT2D eigenvalue weighted by atomic mass is 9.95. The molecule has 0 N–H and O–H groups in total. The number of benzene rings is 5. The summed E-state index contributed by atoms with van der Waals surface area (Å²) in [5, 5.41) is 0. The molecule has 0 aliphatic rings. The fourth-order valence-corrected chi connectivity index (χ4v) is 4.08. The molecule has 1 nitrogen and oxygen atoms in total. The molecule has 1 heteroatoms. The lowest BCUT2D eigenvalue weighted by Crippen LogP contribution is -2.10. The summed E-state index contributed by atoms with van der Waals surface area (Å²) in [6.45, 7) is 0. The molecule has 0 unspecified atom stereocenters. The van der Waals surface area contributed by atoms with Crippen molar-refractivity contribution in [2.75, 3.05) is 4.90 Å². The van der Waals surface area contributed by atoms with Gasteiger partial charge in [-0.3, -0.25) is 0 Å². The molecule has 158 valence electrons. The molecule has 0 radical (unpaired) electrons. The summed E-state index contributed by atoms with van der Waals surface area (Å²) in [5.74, 6) is 0. The van der Waals surface area contributed by atoms with Crippen LogP contribution < -0.4 is 4.90 Å². The Bertz CT molecular complexity index is 1290. The van der Waals surface area contributed by atoms with Crippen molar-refractivity contribution in [1.82, 2.24) is 0 Å². The first-order valence-corrected chi connectivity index (χ1v) is 11.2. The molecular weight excluding hydrogens is 398 g/mol. The monoisotopic (exact) mass is 423 g/mol. The van der Waals surface area contributed by atoms with E-state index in [0.29, 0.717) is 0 Å². The first-order chi connectivity index (χ1) is 16.4. The lowest BCUT2D eigenvalue weighted by molar-refractivity contribution is 1.28. The summed E-state index contributed by atoms with van der Waals surface area (Å²) in [7, 11) is 0. The largest absolute Gasteiger partial charge is 0.310 e. The number of anilines is 3. The van der Waals surface area contributed by atoms with E-state index in [1.807, 2.05) is 0 Å². The number of hydrogen-bond donors (Lipinski definition) is 0. The molecule has 5 aromatic carbocycles. The van der Waals surface area contributed by atoms with Gasteiger partial charge < -0.3 is 4.90 Å². The van der Waals surface area contributed by atoms with Gasteiger partial charge in [-0.05, 0) is 64.7 Å². The zero-order chi connectivity index (χ0) is 22.3. The Kier molecular flexibility index (Phi) is 6.13. The summed E-state index contributed by atoms with van der Waals surface area (Å²) < 4.78 is 0. The minimum absolute atomic E-state index is 1.12. The van der Waals surface area contributed by atoms with Gasteiger partial charge in [0.05, 0.1) is 0 Å². The SMILES string of the molecule is C(=C(c1ccccc1)c1cccc(N(c2ccccc2)c2ccccc2)c1)c1ccccc1. The van der Waals surface area contributed by atoms with E-state index in [1.54, 1.807) is 0 Å². The second kappa shape index (κ2) is 9.84. The van der Waals surface area contributed by atoms with Crippen LogP contribution in [0.15, 0.2) is 146 Å². The van der Waals surface area contributed by atoms with Crippen molar-refractivity contribution in [3.05, 3.63) is 162 Å². The Morgan fingerprint density at radius 2 is 0.879 bits per heavy atom. The maximum absolute atomic E-state index is 2.30. The van der Waals surface area contributed by atoms with Gasteiger partial charge in [-0.15, -0.1) is 0 Å². The van der Waals surface area contributed by atoms with Crippen LogP contribution in [0, 0.1) is 0 Å². The van der Waals surface area contributed by atoms with Crippen molar-refractivity contribution in [1.29, 1.82) is 0 Å². The van der Waals surface area contributed by atoms with Crippen LogP contribution >= 0.6 is 0 Å². The van der Waals surface area contributed by atoms with Crippen molar-refractivity contribution >= 4 is 28.7 Å². The Morgan fingerprint density at radius 3 is 1.45 bits per heavy atom. The highest BCUT2D eigenvalue weighted by Gasteiger charge is 2.14. The van der Waals surface area contributed by atoms with Crippen LogP contribution in [0.5, 0.6) is 0 Å². The predicted molar refractivity (Wildman–Crippen MR) is 141 cm³/mol. The van der Waals surface area contributed by atoms with Crippen LogP contribution in [0.25, 0.3) is 11.6 Å². The Hall–Kier alpha value is -4.36. The van der Waals surface area contributed by atoms with E-state index in [-0.39, 0.29) is 0 Å². The third kappa shape index (κ3) is 4.78. The van der Waals surface area contributed by atoms with Gasteiger partial charge in [0.2, 0.25) is 0 Å². The maximum Gasteiger partial charge on any atom is 0.0467 e. The number of nitrogens with zero attached hydrogens (tertiary/aromatic N) is 1. The van der Waals surface area contributed by atoms with Crippen molar-refractivity contribution in [3.8, 4) is 0 Å². The molecular formula is C32H25N. The van der Waals surface area contributed by atoms with Gasteiger partial charge in [0, 0.05) is 17.1 Å². The van der Waals surface area contributed by atoms with E-state index in [9.17, 15) is 0 Å². The van der Waals surface area contributed by atoms with E-state index in [0.717, 1.165) is 17.1 Å². The van der Waals surface area contributed by atoms with Gasteiger partial charge >= 0.3 is 0 Å². The molecule has 0 spiro atoms. The summed E-state index contributed by atoms with van der Waals surface area (Å²) in [4.78, 5) is 2.30. The van der Waals surface area contributed by atoms with Crippen molar-refractivity contribution in [2.24, 2.45) is 0 Å². The second-order valence-corrected chi connectivity index (χ2v) is 7.89. The molecule has 5 rings (SSSR count). The molecule has 0 bridgehead atoms. The molecule has 0 heterocycles. The van der Waals surface area contributed by atoms with Crippen LogP contribution in [0.3, 0.4) is 0 Å². The van der Waals surface area contributed by atoms with E-state index in [2.05, 4.69) is 157 Å². The summed E-state index contributed by atoms with van der Waals surface area (Å²) >= 11 is 0. The van der Waals surface area contributed by atoms with Gasteiger partial charge in [-0.25, -0.2) is 0 Å². The third-order valence-electron chi connectivity index (χ3n) is 5.64. The Morgan fingerprint density at radius 1 is 0.424 bits per heavy atom. The molecule has 0 aromatic heterocycles. The molecule has 0 saturated carbocycles. The predicted octanol–water partition coefficient (Wildman–Crippen LogP) is 8.75. The van der Waals surface area contributed by atoms with Crippen LogP contribution in [-0.2, 0) is 0 Å². The van der Waals surface area contributed by atoms with Gasteiger partial charge in [0.1, 0.15) is 0 Å². The summed E-state index contributed by atoms with van der Waals surface area (Å²) in [5.41, 5.74) is 8.15. The average Bonchev–Trinajstić information content (AvgIpc) is 2.90. The van der Waals surface area contributed by atoms with E-state index in [1.165, 1.54) is 22.3 Å². The van der Waals surface area contributed by atoms with Crippen LogP contribution in [0.4, 0.5) is 17.1 Å². The molecule has 33 heavy (non-hydrogen) atoms. The van der Waals surface area contributed by atoms with E-state index in [4.69, 9.17) is 0 Å². The van der Waals surface area contributed by atoms with Crippen LogP contribution in [0.1, 0.15) is 16.7 Å². The third-order valence-corrected chi connectivity index (χ3v) is 5.64. The highest BCUT2D eigenvalue weighted by molar-refractivity contribution is 5.92. The average molecular weight is 424 g/mol. The molecule has 0 fully saturated rings. The van der Waals surface area contributed by atoms with Gasteiger partial charge in [0.15, 0.2) is 0 Å². The molecule has 5 aromatic rings. The summed E-state index contributed by atoms with van der Waals surface area (Å²) in [6, 6.07) is 50.9. The topological polar surface area (TPSA) is 3.24 Å². The molecule has 0 aliphatic carbocycles. The van der Waals surface area contributed by atoms with Crippen molar-refractivity contribution < 1.29 is 0 Å². The zero-order valence-electron chi connectivity index (χ0n) is 18.4. The summed E-state index contributed by atoms with van der Waals surface area (Å²) in [6.07, 6.45) is 2.27. The minimum atomic E-state index is 1.12. The highest BCUT2D eigenvalue weighted by Crippen LogP contribution is 2.36. The zero-order valence-corrected chi connectivity index (χ0v) is 18.4. The number of rotatable bonds is 6. The Balaban J connectivity index is 1.65. The number of hydrogen-bond acceptors (Lipinski definition) is 1. The van der Waals surface area contributed by atoms with Gasteiger partial charge in [-0.2, -0.15) is 0 Å². The molecule has 0 saturated heterocycles. The van der Waals surface area contributed by atoms with Gasteiger partial charge in [0.25, 0.3) is 0 Å². The molecule has 0 aliphatic heterocycles. The smallest absolute Gasteiger partial charge is 0.0467 e. The van der Waals surface area contributed by atoms with Crippen LogP contribution in [0.2, 0.25) is 0 Å². The van der Waals surface area contributed by atoms with Crippen LogP contribution in [-0.4, -0.2) is 0 Å². The normalized spacial score (nSPS) is 11.2. The molecule has 0 atom stereocenters. The van der Waals surface area contributed by atoms with E-state index >= 15 is 0 Å². The second-order valence-electron chi connectivity index (χ2n) is 7.89. The maximum atomic E-state index is 2.30. The van der Waals surface area contributed by atoms with Crippen molar-refractivity contribution in [2.45, 2.75) is 0 Å². The van der Waals surface area contributed by atoms with Gasteiger partial charge in [-0.1, -0.05) is 109 Å². The fourth-order valence-electron chi connectivity index (χ4n) is 4.08. The lowest BCUT2D eigenvalue weighted by Gasteiger charge is -2.26. The quantitative estimate of drug-likeness (QED) is 0.247. The standard InChI is InChI=1S/C32H25N/c1-5-14-26(15-6-1)24-32(27-16-7-2-8-17-27)28-18-13-23-31(25-28)33(29-19-9-3-10-20-29)30-21-11-4-12-22-30/h1-25H. The Labute approximate surface area is 195 Å².